The summed E-state index contributed by atoms with van der Waals surface area (Å²) in [6.45, 7) is 3.05. The lowest BCUT2D eigenvalue weighted by atomic mass is 9.92. The van der Waals surface area contributed by atoms with Gasteiger partial charge in [-0.05, 0) is 50.6 Å². The third-order valence-electron chi connectivity index (χ3n) is 4.11. The smallest absolute Gasteiger partial charge is 0.227 e. The Hall–Kier alpha value is -1.78. The molecule has 0 aliphatic carbocycles. The second-order valence-electron chi connectivity index (χ2n) is 5.98. The van der Waals surface area contributed by atoms with Crippen molar-refractivity contribution in [1.29, 1.82) is 0 Å². The van der Waals surface area contributed by atoms with Crippen molar-refractivity contribution in [3.63, 3.8) is 0 Å². The fourth-order valence-electron chi connectivity index (χ4n) is 2.88. The van der Waals surface area contributed by atoms with E-state index in [0.29, 0.717) is 6.04 Å². The molecule has 2 atom stereocenters. The second kappa shape index (κ2) is 7.66. The van der Waals surface area contributed by atoms with Crippen LogP contribution in [0.5, 0.6) is 0 Å². The van der Waals surface area contributed by atoms with E-state index in [1.165, 1.54) is 4.90 Å². The molecule has 1 aliphatic rings. The highest BCUT2D eigenvalue weighted by atomic mass is 32.2. The number of carbonyl (C=O) groups excluding carboxylic acids is 1. The van der Waals surface area contributed by atoms with Gasteiger partial charge in [-0.2, -0.15) is 0 Å². The molecule has 0 spiro atoms. The number of piperidine rings is 1. The summed E-state index contributed by atoms with van der Waals surface area (Å²) in [4.78, 5) is 14.8. The van der Waals surface area contributed by atoms with E-state index in [0.717, 1.165) is 30.0 Å². The topological polar surface area (TPSA) is 41.1 Å². The molecule has 0 bridgehead atoms. The van der Waals surface area contributed by atoms with Crippen molar-refractivity contribution in [1.82, 2.24) is 5.32 Å². The molecule has 23 heavy (non-hydrogen) atoms. The number of carbonyl (C=O) groups is 1. The Bertz CT molecular complexity index is 659. The zero-order valence-electron chi connectivity index (χ0n) is 13.3. The highest BCUT2D eigenvalue weighted by Gasteiger charge is 2.25. The molecule has 1 fully saturated rings. The Morgan fingerprint density at radius 2 is 1.87 bits per heavy atom. The van der Waals surface area contributed by atoms with Gasteiger partial charge in [-0.3, -0.25) is 4.79 Å². The lowest BCUT2D eigenvalue weighted by Crippen LogP contribution is -2.40. The van der Waals surface area contributed by atoms with Crippen LogP contribution in [0.4, 0.5) is 5.69 Å². The monoisotopic (exact) mass is 326 g/mol. The van der Waals surface area contributed by atoms with Crippen LogP contribution in [0, 0.1) is 5.92 Å². The maximum Gasteiger partial charge on any atom is 0.227 e. The molecular weight excluding hydrogens is 304 g/mol. The first-order valence-corrected chi connectivity index (χ1v) is 8.90. The average Bonchev–Trinajstić information content (AvgIpc) is 2.57. The number of hydrogen-bond donors (Lipinski definition) is 2. The number of rotatable bonds is 4. The molecule has 2 N–H and O–H groups in total. The molecular formula is C19H22N2OS. The summed E-state index contributed by atoms with van der Waals surface area (Å²) in [6, 6.07) is 18.6. The van der Waals surface area contributed by atoms with Crippen molar-refractivity contribution < 1.29 is 4.79 Å². The van der Waals surface area contributed by atoms with Gasteiger partial charge in [0.25, 0.3) is 0 Å². The van der Waals surface area contributed by atoms with Crippen molar-refractivity contribution in [3.8, 4) is 0 Å². The predicted octanol–water partition coefficient (Wildman–Crippen LogP) is 4.16. The van der Waals surface area contributed by atoms with Crippen molar-refractivity contribution in [2.45, 2.75) is 35.6 Å². The Labute approximate surface area is 141 Å². The van der Waals surface area contributed by atoms with Crippen LogP contribution in [-0.2, 0) is 4.79 Å². The standard InChI is InChI=1S/C19H22N2OS/c1-14-13-15(11-12-20-14)19(22)21-17-9-5-6-10-18(17)23-16-7-3-2-4-8-16/h2-10,14-15,20H,11-13H2,1H3,(H,21,22)/t14-,15-/m0/s1. The lowest BCUT2D eigenvalue weighted by molar-refractivity contribution is -0.120. The summed E-state index contributed by atoms with van der Waals surface area (Å²) in [5.41, 5.74) is 0.900. The molecule has 3 rings (SSSR count). The van der Waals surface area contributed by atoms with Crippen molar-refractivity contribution >= 4 is 23.4 Å². The predicted molar refractivity (Wildman–Crippen MR) is 95.8 cm³/mol. The van der Waals surface area contributed by atoms with Crippen LogP contribution in [0.25, 0.3) is 0 Å². The van der Waals surface area contributed by atoms with Gasteiger partial charge >= 0.3 is 0 Å². The number of anilines is 1. The number of amides is 1. The van der Waals surface area contributed by atoms with Crippen molar-refractivity contribution in [3.05, 3.63) is 54.6 Å². The first kappa shape index (κ1) is 16.1. The number of benzene rings is 2. The van der Waals surface area contributed by atoms with Gasteiger partial charge in [0.2, 0.25) is 5.91 Å². The Kier molecular flexibility index (Phi) is 5.36. The second-order valence-corrected chi connectivity index (χ2v) is 7.09. The molecule has 1 amide bonds. The third-order valence-corrected chi connectivity index (χ3v) is 5.19. The van der Waals surface area contributed by atoms with Gasteiger partial charge in [0, 0.05) is 21.8 Å². The van der Waals surface area contributed by atoms with E-state index in [-0.39, 0.29) is 11.8 Å². The molecule has 1 aliphatic heterocycles. The van der Waals surface area contributed by atoms with Crippen LogP contribution in [0.2, 0.25) is 0 Å². The summed E-state index contributed by atoms with van der Waals surface area (Å²) in [7, 11) is 0. The van der Waals surface area contributed by atoms with E-state index < -0.39 is 0 Å². The highest BCUT2D eigenvalue weighted by Crippen LogP contribution is 2.33. The Balaban J connectivity index is 1.71. The molecule has 0 radical (unpaired) electrons. The van der Waals surface area contributed by atoms with Crippen LogP contribution in [0.3, 0.4) is 0 Å². The van der Waals surface area contributed by atoms with E-state index in [2.05, 4.69) is 35.8 Å². The van der Waals surface area contributed by atoms with Gasteiger partial charge in [0.05, 0.1) is 5.69 Å². The molecule has 2 aromatic rings. The average molecular weight is 326 g/mol. The van der Waals surface area contributed by atoms with Crippen LogP contribution in [-0.4, -0.2) is 18.5 Å². The van der Waals surface area contributed by atoms with Gasteiger partial charge in [0.1, 0.15) is 0 Å². The van der Waals surface area contributed by atoms with E-state index in [1.807, 2.05) is 36.4 Å². The molecule has 0 saturated carbocycles. The number of nitrogens with one attached hydrogen (secondary N) is 2. The SMILES string of the molecule is C[C@H]1C[C@@H](C(=O)Nc2ccccc2Sc2ccccc2)CCN1. The fourth-order valence-corrected chi connectivity index (χ4v) is 3.80. The van der Waals surface area contributed by atoms with Crippen molar-refractivity contribution in [2.24, 2.45) is 5.92 Å². The molecule has 4 heteroatoms. The summed E-state index contributed by atoms with van der Waals surface area (Å²) in [6.07, 6.45) is 1.81. The minimum Gasteiger partial charge on any atom is -0.325 e. The molecule has 0 unspecified atom stereocenters. The van der Waals surface area contributed by atoms with Gasteiger partial charge in [-0.1, -0.05) is 42.1 Å². The van der Waals surface area contributed by atoms with Crippen LogP contribution < -0.4 is 10.6 Å². The normalized spacial score (nSPS) is 20.9. The maximum atomic E-state index is 12.6. The number of hydrogen-bond acceptors (Lipinski definition) is 3. The molecule has 120 valence electrons. The number of para-hydroxylation sites is 1. The summed E-state index contributed by atoms with van der Waals surface area (Å²) in [5.74, 6) is 0.237. The third kappa shape index (κ3) is 4.36. The first-order chi connectivity index (χ1) is 11.2. The van der Waals surface area contributed by atoms with E-state index >= 15 is 0 Å². The Morgan fingerprint density at radius 3 is 2.65 bits per heavy atom. The lowest BCUT2D eigenvalue weighted by Gasteiger charge is -2.27. The van der Waals surface area contributed by atoms with Gasteiger partial charge < -0.3 is 10.6 Å². The van der Waals surface area contributed by atoms with Crippen LogP contribution >= 0.6 is 11.8 Å². The Morgan fingerprint density at radius 1 is 1.13 bits per heavy atom. The zero-order chi connectivity index (χ0) is 16.1. The zero-order valence-corrected chi connectivity index (χ0v) is 14.1. The summed E-state index contributed by atoms with van der Waals surface area (Å²) < 4.78 is 0. The molecule has 3 nitrogen and oxygen atoms in total. The summed E-state index contributed by atoms with van der Waals surface area (Å²) >= 11 is 1.68. The van der Waals surface area contributed by atoms with Gasteiger partial charge in [-0.15, -0.1) is 0 Å². The van der Waals surface area contributed by atoms with E-state index in [1.54, 1.807) is 11.8 Å². The van der Waals surface area contributed by atoms with Gasteiger partial charge in [0.15, 0.2) is 0 Å². The van der Waals surface area contributed by atoms with E-state index in [4.69, 9.17) is 0 Å². The quantitative estimate of drug-likeness (QED) is 0.886. The van der Waals surface area contributed by atoms with Crippen molar-refractivity contribution in [2.75, 3.05) is 11.9 Å². The minimum atomic E-state index is 0.0982. The molecule has 1 saturated heterocycles. The largest absolute Gasteiger partial charge is 0.325 e. The molecule has 2 aromatic carbocycles. The maximum absolute atomic E-state index is 12.6. The van der Waals surface area contributed by atoms with Gasteiger partial charge in [-0.25, -0.2) is 0 Å². The fraction of sp³-hybridized carbons (Fsp3) is 0.316. The summed E-state index contributed by atoms with van der Waals surface area (Å²) in [5, 5.41) is 6.52. The molecule has 0 aromatic heterocycles. The minimum absolute atomic E-state index is 0.0982. The highest BCUT2D eigenvalue weighted by molar-refractivity contribution is 7.99. The van der Waals surface area contributed by atoms with Crippen LogP contribution in [0.1, 0.15) is 19.8 Å². The first-order valence-electron chi connectivity index (χ1n) is 8.08. The molecule has 1 heterocycles. The van der Waals surface area contributed by atoms with Crippen LogP contribution in [0.15, 0.2) is 64.4 Å². The van der Waals surface area contributed by atoms with E-state index in [9.17, 15) is 4.79 Å².